The summed E-state index contributed by atoms with van der Waals surface area (Å²) in [5.41, 5.74) is 0.341. The first-order valence-electron chi connectivity index (χ1n) is 6.77. The fourth-order valence-electron chi connectivity index (χ4n) is 2.80. The second kappa shape index (κ2) is 5.53. The van der Waals surface area contributed by atoms with Crippen LogP contribution >= 0.6 is 0 Å². The molecule has 0 spiro atoms. The Morgan fingerprint density at radius 3 is 2.47 bits per heavy atom. The zero-order valence-corrected chi connectivity index (χ0v) is 11.4. The van der Waals surface area contributed by atoms with E-state index in [0.29, 0.717) is 6.07 Å². The topological polar surface area (TPSA) is 12.0 Å². The Kier molecular flexibility index (Phi) is 4.19. The van der Waals surface area contributed by atoms with Crippen LogP contribution in [0.5, 0.6) is 0 Å². The first-order valence-corrected chi connectivity index (χ1v) is 6.77. The van der Waals surface area contributed by atoms with Crippen molar-refractivity contribution in [1.82, 2.24) is 5.32 Å². The highest BCUT2D eigenvalue weighted by molar-refractivity contribution is 5.20. The smallest absolute Gasteiger partial charge is 0.161 e. The number of hydrogen-bond acceptors (Lipinski definition) is 1. The summed E-state index contributed by atoms with van der Waals surface area (Å²) in [7, 11) is 0. The molecule has 1 saturated carbocycles. The zero-order valence-electron chi connectivity index (χ0n) is 11.4. The van der Waals surface area contributed by atoms with Gasteiger partial charge in [0.1, 0.15) is 5.82 Å². The summed E-state index contributed by atoms with van der Waals surface area (Å²) in [5.74, 6) is -2.83. The molecule has 1 atom stereocenters. The molecule has 1 fully saturated rings. The molecule has 1 aromatic carbocycles. The van der Waals surface area contributed by atoms with Gasteiger partial charge in [0.2, 0.25) is 0 Å². The van der Waals surface area contributed by atoms with E-state index in [9.17, 15) is 13.2 Å². The summed E-state index contributed by atoms with van der Waals surface area (Å²) in [4.78, 5) is 0. The third-order valence-electron chi connectivity index (χ3n) is 4.14. The van der Waals surface area contributed by atoms with E-state index in [1.165, 1.54) is 6.42 Å². The molecule has 19 heavy (non-hydrogen) atoms. The third-order valence-corrected chi connectivity index (χ3v) is 4.14. The van der Waals surface area contributed by atoms with Gasteiger partial charge in [-0.3, -0.25) is 0 Å². The Hall–Kier alpha value is -1.03. The van der Waals surface area contributed by atoms with Crippen molar-refractivity contribution in [2.45, 2.75) is 52.1 Å². The predicted molar refractivity (Wildman–Crippen MR) is 69.2 cm³/mol. The van der Waals surface area contributed by atoms with Gasteiger partial charge in [-0.05, 0) is 24.3 Å². The lowest BCUT2D eigenvalue weighted by atomic mass is 9.73. The van der Waals surface area contributed by atoms with Crippen LogP contribution in [-0.4, -0.2) is 6.04 Å². The number of hydrogen-bond donors (Lipinski definition) is 1. The fourth-order valence-corrected chi connectivity index (χ4v) is 2.80. The fraction of sp³-hybridized carbons (Fsp3) is 0.600. The molecule has 0 amide bonds. The van der Waals surface area contributed by atoms with Gasteiger partial charge in [-0.25, -0.2) is 13.2 Å². The zero-order chi connectivity index (χ0) is 14.0. The van der Waals surface area contributed by atoms with Crippen molar-refractivity contribution < 1.29 is 13.2 Å². The number of rotatable bonds is 3. The summed E-state index contributed by atoms with van der Waals surface area (Å²) in [6, 6.07) is 1.83. The highest BCUT2D eigenvalue weighted by Crippen LogP contribution is 2.35. The molecule has 2 rings (SSSR count). The lowest BCUT2D eigenvalue weighted by molar-refractivity contribution is 0.166. The summed E-state index contributed by atoms with van der Waals surface area (Å²) in [6.45, 7) is 4.61. The molecule has 0 saturated heterocycles. The molecular formula is C15H20F3N. The Labute approximate surface area is 112 Å². The van der Waals surface area contributed by atoms with Gasteiger partial charge in [0.25, 0.3) is 0 Å². The normalized spacial score (nSPS) is 22.5. The van der Waals surface area contributed by atoms with Crippen LogP contribution in [0.1, 0.15) is 45.1 Å². The SMILES string of the molecule is CC1(C)CCCCC1NCc1cc(F)c(F)cc1F. The molecular weight excluding hydrogens is 251 g/mol. The van der Waals surface area contributed by atoms with Gasteiger partial charge < -0.3 is 5.32 Å². The van der Waals surface area contributed by atoms with Gasteiger partial charge in [-0.15, -0.1) is 0 Å². The molecule has 0 radical (unpaired) electrons. The summed E-state index contributed by atoms with van der Waals surface area (Å²) < 4.78 is 39.5. The number of nitrogens with one attached hydrogen (secondary N) is 1. The Morgan fingerprint density at radius 1 is 1.11 bits per heavy atom. The minimum atomic E-state index is -1.14. The van der Waals surface area contributed by atoms with Crippen molar-refractivity contribution in [3.63, 3.8) is 0 Å². The van der Waals surface area contributed by atoms with E-state index in [2.05, 4.69) is 19.2 Å². The molecule has 0 aliphatic heterocycles. The van der Waals surface area contributed by atoms with Crippen LogP contribution in [0.2, 0.25) is 0 Å². The molecule has 1 aliphatic carbocycles. The van der Waals surface area contributed by atoms with Crippen LogP contribution in [0.4, 0.5) is 13.2 Å². The van der Waals surface area contributed by atoms with Crippen molar-refractivity contribution in [2.75, 3.05) is 0 Å². The van der Waals surface area contributed by atoms with Crippen molar-refractivity contribution in [2.24, 2.45) is 5.41 Å². The number of benzene rings is 1. The lowest BCUT2D eigenvalue weighted by Crippen LogP contribution is -2.43. The van der Waals surface area contributed by atoms with E-state index < -0.39 is 17.5 Å². The maximum absolute atomic E-state index is 13.5. The molecule has 0 bridgehead atoms. The average molecular weight is 271 g/mol. The van der Waals surface area contributed by atoms with E-state index >= 15 is 0 Å². The largest absolute Gasteiger partial charge is 0.309 e. The van der Waals surface area contributed by atoms with Crippen molar-refractivity contribution in [3.8, 4) is 0 Å². The highest BCUT2D eigenvalue weighted by Gasteiger charge is 2.31. The van der Waals surface area contributed by atoms with E-state index in [0.717, 1.165) is 25.3 Å². The molecule has 0 aromatic heterocycles. The van der Waals surface area contributed by atoms with Crippen molar-refractivity contribution in [3.05, 3.63) is 35.1 Å². The quantitative estimate of drug-likeness (QED) is 0.814. The summed E-state index contributed by atoms with van der Waals surface area (Å²) in [6.07, 6.45) is 4.54. The van der Waals surface area contributed by atoms with Gasteiger partial charge >= 0.3 is 0 Å². The first kappa shape index (κ1) is 14.4. The summed E-state index contributed by atoms with van der Waals surface area (Å²) in [5, 5.41) is 3.29. The standard InChI is InChI=1S/C15H20F3N/c1-15(2)6-4-3-5-14(15)19-9-10-7-12(17)13(18)8-11(10)16/h7-8,14,19H,3-6,9H2,1-2H3. The predicted octanol–water partition coefficient (Wildman–Crippen LogP) is 4.16. The first-order chi connectivity index (χ1) is 8.90. The van der Waals surface area contributed by atoms with Crippen LogP contribution in [0.3, 0.4) is 0 Å². The molecule has 0 heterocycles. The molecule has 1 nitrogen and oxygen atoms in total. The van der Waals surface area contributed by atoms with Crippen LogP contribution in [-0.2, 0) is 6.54 Å². The van der Waals surface area contributed by atoms with Crippen LogP contribution < -0.4 is 5.32 Å². The Bertz CT molecular complexity index is 457. The molecule has 1 unspecified atom stereocenters. The minimum absolute atomic E-state index is 0.160. The van der Waals surface area contributed by atoms with Crippen molar-refractivity contribution >= 4 is 0 Å². The highest BCUT2D eigenvalue weighted by atomic mass is 19.2. The minimum Gasteiger partial charge on any atom is -0.309 e. The Balaban J connectivity index is 2.04. The number of halogens is 3. The molecule has 1 aromatic rings. The van der Waals surface area contributed by atoms with Gasteiger partial charge in [-0.2, -0.15) is 0 Å². The third kappa shape index (κ3) is 3.30. The average Bonchev–Trinajstić information content (AvgIpc) is 2.33. The molecule has 1 N–H and O–H groups in total. The molecule has 1 aliphatic rings. The maximum atomic E-state index is 13.5. The maximum Gasteiger partial charge on any atom is 0.161 e. The molecule has 106 valence electrons. The van der Waals surface area contributed by atoms with Gasteiger partial charge in [0.05, 0.1) is 0 Å². The van der Waals surface area contributed by atoms with Crippen LogP contribution in [0.15, 0.2) is 12.1 Å². The van der Waals surface area contributed by atoms with Gasteiger partial charge in [0.15, 0.2) is 11.6 Å². The summed E-state index contributed by atoms with van der Waals surface area (Å²) >= 11 is 0. The van der Waals surface area contributed by atoms with Crippen molar-refractivity contribution in [1.29, 1.82) is 0 Å². The Morgan fingerprint density at radius 2 is 1.79 bits per heavy atom. The van der Waals surface area contributed by atoms with Gasteiger partial charge in [0, 0.05) is 24.2 Å². The van der Waals surface area contributed by atoms with Gasteiger partial charge in [-0.1, -0.05) is 26.7 Å². The van der Waals surface area contributed by atoms with E-state index in [1.807, 2.05) is 0 Å². The monoisotopic (exact) mass is 271 g/mol. The lowest BCUT2D eigenvalue weighted by Gasteiger charge is -2.39. The van der Waals surface area contributed by atoms with Crippen LogP contribution in [0, 0.1) is 22.9 Å². The van der Waals surface area contributed by atoms with Crippen LogP contribution in [0.25, 0.3) is 0 Å². The molecule has 4 heteroatoms. The second-order valence-electron chi connectivity index (χ2n) is 6.03. The second-order valence-corrected chi connectivity index (χ2v) is 6.03. The van der Waals surface area contributed by atoms with E-state index in [-0.39, 0.29) is 23.6 Å². The van der Waals surface area contributed by atoms with E-state index in [4.69, 9.17) is 0 Å². The van der Waals surface area contributed by atoms with E-state index in [1.54, 1.807) is 0 Å².